The summed E-state index contributed by atoms with van der Waals surface area (Å²) < 4.78 is 1.08. The summed E-state index contributed by atoms with van der Waals surface area (Å²) in [5.41, 5.74) is 1.05. The van der Waals surface area contributed by atoms with Crippen molar-refractivity contribution in [1.29, 1.82) is 0 Å². The van der Waals surface area contributed by atoms with Gasteiger partial charge in [0.05, 0.1) is 5.69 Å². The van der Waals surface area contributed by atoms with Crippen LogP contribution in [0.2, 0.25) is 0 Å². The van der Waals surface area contributed by atoms with Crippen LogP contribution in [-0.4, -0.2) is 11.0 Å². The lowest BCUT2D eigenvalue weighted by atomic mass is 10.1. The maximum absolute atomic E-state index is 4.51. The van der Waals surface area contributed by atoms with Crippen molar-refractivity contribution >= 4 is 21.7 Å². The number of aryl methyl sites for hydroxylation is 1. The van der Waals surface area contributed by atoms with Crippen LogP contribution in [0, 0.1) is 12.8 Å². The zero-order chi connectivity index (χ0) is 10.8. The van der Waals surface area contributed by atoms with E-state index in [1.165, 1.54) is 19.3 Å². The first-order chi connectivity index (χ1) is 7.16. The number of aromatic nitrogens is 1. The lowest BCUT2D eigenvalue weighted by molar-refractivity contribution is 0.555. The average Bonchev–Trinajstić information content (AvgIpc) is 2.59. The molecule has 0 spiro atoms. The Morgan fingerprint density at radius 3 is 2.80 bits per heavy atom. The monoisotopic (exact) mass is 268 g/mol. The highest BCUT2D eigenvalue weighted by atomic mass is 79.9. The van der Waals surface area contributed by atoms with E-state index in [0.29, 0.717) is 6.04 Å². The number of nitrogens with zero attached hydrogens (tertiary/aromatic N) is 1. The first-order valence-corrected chi connectivity index (χ1v) is 6.36. The maximum atomic E-state index is 4.51. The van der Waals surface area contributed by atoms with Crippen LogP contribution in [0.3, 0.4) is 0 Å². The van der Waals surface area contributed by atoms with Gasteiger partial charge in [0.2, 0.25) is 0 Å². The topological polar surface area (TPSA) is 24.9 Å². The first-order valence-electron chi connectivity index (χ1n) is 5.56. The third-order valence-electron chi connectivity index (χ3n) is 3.22. The van der Waals surface area contributed by atoms with Gasteiger partial charge in [-0.3, -0.25) is 0 Å². The molecule has 2 atom stereocenters. The van der Waals surface area contributed by atoms with Crippen LogP contribution in [0.15, 0.2) is 16.6 Å². The van der Waals surface area contributed by atoms with Gasteiger partial charge in [-0.1, -0.05) is 13.3 Å². The van der Waals surface area contributed by atoms with Crippen LogP contribution < -0.4 is 5.32 Å². The van der Waals surface area contributed by atoms with Gasteiger partial charge in [0, 0.05) is 10.5 Å². The van der Waals surface area contributed by atoms with Crippen molar-refractivity contribution in [2.75, 3.05) is 5.32 Å². The molecule has 1 fully saturated rings. The highest BCUT2D eigenvalue weighted by Crippen LogP contribution is 2.28. The third kappa shape index (κ3) is 2.51. The maximum Gasteiger partial charge on any atom is 0.126 e. The number of hydrogen-bond acceptors (Lipinski definition) is 2. The predicted octanol–water partition coefficient (Wildman–Crippen LogP) is 3.75. The number of rotatable bonds is 2. The van der Waals surface area contributed by atoms with E-state index >= 15 is 0 Å². The summed E-state index contributed by atoms with van der Waals surface area (Å²) in [6.07, 6.45) is 3.96. The van der Waals surface area contributed by atoms with Crippen molar-refractivity contribution in [1.82, 2.24) is 4.98 Å². The van der Waals surface area contributed by atoms with Crippen LogP contribution in [-0.2, 0) is 0 Å². The summed E-state index contributed by atoms with van der Waals surface area (Å²) in [6.45, 7) is 4.34. The average molecular weight is 269 g/mol. The second kappa shape index (κ2) is 4.52. The molecule has 1 aliphatic rings. The molecule has 3 heteroatoms. The van der Waals surface area contributed by atoms with Crippen molar-refractivity contribution in [2.45, 2.75) is 39.2 Å². The minimum absolute atomic E-state index is 0.609. The zero-order valence-electron chi connectivity index (χ0n) is 9.26. The second-order valence-corrected chi connectivity index (χ2v) is 5.28. The van der Waals surface area contributed by atoms with Gasteiger partial charge in [-0.05, 0) is 53.7 Å². The number of pyridine rings is 1. The molecule has 2 nitrogen and oxygen atoms in total. The fourth-order valence-corrected chi connectivity index (χ4v) is 2.40. The molecule has 1 aromatic heterocycles. The molecule has 82 valence electrons. The minimum atomic E-state index is 0.609. The molecule has 1 saturated carbocycles. The van der Waals surface area contributed by atoms with Gasteiger partial charge in [0.25, 0.3) is 0 Å². The molecule has 2 rings (SSSR count). The Balaban J connectivity index is 2.07. The lowest BCUT2D eigenvalue weighted by Gasteiger charge is -2.18. The highest BCUT2D eigenvalue weighted by molar-refractivity contribution is 9.10. The van der Waals surface area contributed by atoms with E-state index in [2.05, 4.69) is 39.2 Å². The Hall–Kier alpha value is -0.570. The number of anilines is 1. The fraction of sp³-hybridized carbons (Fsp3) is 0.583. The molecule has 0 radical (unpaired) electrons. The quantitative estimate of drug-likeness (QED) is 0.884. The predicted molar refractivity (Wildman–Crippen MR) is 67.1 cm³/mol. The molecule has 2 unspecified atom stereocenters. The normalized spacial score (nSPS) is 25.5. The number of nitrogens with one attached hydrogen (secondary N) is 1. The van der Waals surface area contributed by atoms with Crippen LogP contribution in [0.4, 0.5) is 5.82 Å². The molecular weight excluding hydrogens is 252 g/mol. The summed E-state index contributed by atoms with van der Waals surface area (Å²) in [5.74, 6) is 1.78. The van der Waals surface area contributed by atoms with Gasteiger partial charge in [-0.2, -0.15) is 0 Å². The molecule has 0 saturated heterocycles. The van der Waals surface area contributed by atoms with Crippen molar-refractivity contribution < 1.29 is 0 Å². The van der Waals surface area contributed by atoms with Gasteiger partial charge < -0.3 is 5.32 Å². The van der Waals surface area contributed by atoms with Crippen LogP contribution in [0.25, 0.3) is 0 Å². The molecule has 1 aromatic rings. The van der Waals surface area contributed by atoms with E-state index in [0.717, 1.165) is 21.9 Å². The van der Waals surface area contributed by atoms with Crippen molar-refractivity contribution in [3.8, 4) is 0 Å². The van der Waals surface area contributed by atoms with Gasteiger partial charge in [-0.15, -0.1) is 0 Å². The lowest BCUT2D eigenvalue weighted by Crippen LogP contribution is -2.22. The number of halogens is 1. The van der Waals surface area contributed by atoms with E-state index in [1.807, 2.05) is 13.0 Å². The Morgan fingerprint density at radius 2 is 2.20 bits per heavy atom. The van der Waals surface area contributed by atoms with E-state index in [9.17, 15) is 0 Å². The summed E-state index contributed by atoms with van der Waals surface area (Å²) in [4.78, 5) is 4.51. The van der Waals surface area contributed by atoms with Crippen molar-refractivity contribution in [2.24, 2.45) is 5.92 Å². The smallest absolute Gasteiger partial charge is 0.126 e. The largest absolute Gasteiger partial charge is 0.367 e. The molecular formula is C12H17BrN2. The summed E-state index contributed by atoms with van der Waals surface area (Å²) in [5, 5.41) is 3.53. The Kier molecular flexibility index (Phi) is 3.29. The first kappa shape index (κ1) is 10.9. The van der Waals surface area contributed by atoms with Gasteiger partial charge >= 0.3 is 0 Å². The van der Waals surface area contributed by atoms with E-state index in [4.69, 9.17) is 0 Å². The number of hydrogen-bond donors (Lipinski definition) is 1. The van der Waals surface area contributed by atoms with Gasteiger partial charge in [-0.25, -0.2) is 4.98 Å². The van der Waals surface area contributed by atoms with E-state index in [-0.39, 0.29) is 0 Å². The zero-order valence-corrected chi connectivity index (χ0v) is 10.8. The molecule has 0 aliphatic heterocycles. The van der Waals surface area contributed by atoms with Crippen molar-refractivity contribution in [3.63, 3.8) is 0 Å². The van der Waals surface area contributed by atoms with Gasteiger partial charge in [0.15, 0.2) is 0 Å². The SMILES string of the molecule is Cc1nc(NC2CCCC2C)ccc1Br. The standard InChI is InChI=1S/C12H17BrN2/c1-8-4-3-5-11(8)15-12-7-6-10(13)9(2)14-12/h6-8,11H,3-5H2,1-2H3,(H,14,15). The second-order valence-electron chi connectivity index (χ2n) is 4.42. The molecule has 0 bridgehead atoms. The summed E-state index contributed by atoms with van der Waals surface area (Å²) >= 11 is 3.46. The van der Waals surface area contributed by atoms with Crippen molar-refractivity contribution in [3.05, 3.63) is 22.3 Å². The molecule has 0 aromatic carbocycles. The third-order valence-corrected chi connectivity index (χ3v) is 4.05. The summed E-state index contributed by atoms with van der Waals surface area (Å²) in [7, 11) is 0. The minimum Gasteiger partial charge on any atom is -0.367 e. The van der Waals surface area contributed by atoms with Crippen LogP contribution in [0.5, 0.6) is 0 Å². The molecule has 1 N–H and O–H groups in total. The molecule has 15 heavy (non-hydrogen) atoms. The highest BCUT2D eigenvalue weighted by Gasteiger charge is 2.23. The van der Waals surface area contributed by atoms with E-state index in [1.54, 1.807) is 0 Å². The molecule has 1 aliphatic carbocycles. The van der Waals surface area contributed by atoms with Crippen LogP contribution in [0.1, 0.15) is 31.9 Å². The van der Waals surface area contributed by atoms with Gasteiger partial charge in [0.1, 0.15) is 5.82 Å². The van der Waals surface area contributed by atoms with Crippen LogP contribution >= 0.6 is 15.9 Å². The molecule has 0 amide bonds. The Morgan fingerprint density at radius 1 is 1.40 bits per heavy atom. The summed E-state index contributed by atoms with van der Waals surface area (Å²) in [6, 6.07) is 4.71. The van der Waals surface area contributed by atoms with E-state index < -0.39 is 0 Å². The Bertz CT molecular complexity index is 351. The Labute approximate surface area is 99.6 Å². The molecule has 1 heterocycles. The fourth-order valence-electron chi connectivity index (χ4n) is 2.17.